The molecule has 2 nitrogen and oxygen atoms in total. The van der Waals surface area contributed by atoms with E-state index in [0.29, 0.717) is 10.4 Å². The minimum absolute atomic E-state index is 0. The molecule has 0 bridgehead atoms. The van der Waals surface area contributed by atoms with E-state index in [-0.39, 0.29) is 20.1 Å². The normalized spacial score (nSPS) is 12.3. The first kappa shape index (κ1) is 32.2. The smallest absolute Gasteiger partial charge is 0.305 e. The topological polar surface area (TPSA) is 25.8 Å². The van der Waals surface area contributed by atoms with Crippen molar-refractivity contribution in [2.75, 3.05) is 0 Å². The maximum Gasteiger partial charge on any atom is 0.416 e. The minimum atomic E-state index is -4.37. The molecule has 0 aliphatic rings. The molecule has 3 aromatic carbocycles. The number of hydrogen-bond donors (Lipinski definition) is 0. The van der Waals surface area contributed by atoms with Gasteiger partial charge in [-0.3, -0.25) is 0 Å². The molecular weight excluding hydrogens is 770 g/mol. The van der Waals surface area contributed by atoms with Crippen molar-refractivity contribution in [1.29, 1.82) is 0 Å². The Bertz CT molecular complexity index is 1940. The average molecular weight is 804 g/mol. The Kier molecular flexibility index (Phi) is 9.85. The van der Waals surface area contributed by atoms with Crippen molar-refractivity contribution < 1.29 is 34.6 Å². The third kappa shape index (κ3) is 7.37. The molecule has 44 heavy (non-hydrogen) atoms. The van der Waals surface area contributed by atoms with Gasteiger partial charge in [-0.1, -0.05) is 68.2 Å². The van der Waals surface area contributed by atoms with E-state index in [9.17, 15) is 13.2 Å². The van der Waals surface area contributed by atoms with E-state index >= 15 is 0 Å². The summed E-state index contributed by atoms with van der Waals surface area (Å²) in [5, 5.41) is 3.11. The predicted molar refractivity (Wildman–Crippen MR) is 177 cm³/mol. The SMILES string of the molecule is Cc1cc(-c2[c-]cccc2)ncc1[Si](C)(C)C.[2H]C(C)(C)c1ccnc(-c2[c-]ccc3c2sc2cc(C(F)(F)F)ccc23)c1.[Ir]. The van der Waals surface area contributed by atoms with Gasteiger partial charge in [-0.2, -0.15) is 24.5 Å². The van der Waals surface area contributed by atoms with Crippen molar-refractivity contribution in [3.63, 3.8) is 0 Å². The van der Waals surface area contributed by atoms with E-state index in [2.05, 4.69) is 67.0 Å². The van der Waals surface area contributed by atoms with Crippen LogP contribution in [0.25, 0.3) is 42.7 Å². The fourth-order valence-corrected chi connectivity index (χ4v) is 7.98. The molecule has 0 spiro atoms. The number of benzene rings is 3. The zero-order valence-electron chi connectivity index (χ0n) is 26.4. The van der Waals surface area contributed by atoms with Crippen LogP contribution in [-0.2, 0) is 26.3 Å². The fourth-order valence-electron chi connectivity index (χ4n) is 5.03. The van der Waals surface area contributed by atoms with Crippen LogP contribution in [-0.4, -0.2) is 18.0 Å². The van der Waals surface area contributed by atoms with Crippen LogP contribution in [0.5, 0.6) is 0 Å². The number of nitrogens with zero attached hydrogens (tertiary/aromatic N) is 2. The van der Waals surface area contributed by atoms with Gasteiger partial charge in [0.2, 0.25) is 0 Å². The number of aromatic nitrogens is 2. The monoisotopic (exact) mass is 804 g/mol. The molecule has 229 valence electrons. The Morgan fingerprint density at radius 2 is 1.66 bits per heavy atom. The number of halogens is 3. The first-order valence-corrected chi connectivity index (χ1v) is 18.3. The number of hydrogen-bond acceptors (Lipinski definition) is 3. The molecule has 0 fully saturated rings. The summed E-state index contributed by atoms with van der Waals surface area (Å²) in [5.41, 5.74) is 5.02. The molecule has 6 rings (SSSR count). The zero-order valence-corrected chi connectivity index (χ0v) is 29.6. The summed E-state index contributed by atoms with van der Waals surface area (Å²) in [6.45, 7) is 12.8. The van der Waals surface area contributed by atoms with Crippen LogP contribution in [0.15, 0.2) is 85.2 Å². The van der Waals surface area contributed by atoms with Gasteiger partial charge < -0.3 is 9.97 Å². The zero-order chi connectivity index (χ0) is 31.9. The summed E-state index contributed by atoms with van der Waals surface area (Å²) in [4.78, 5) is 8.99. The van der Waals surface area contributed by atoms with Gasteiger partial charge in [0.05, 0.1) is 13.6 Å². The van der Waals surface area contributed by atoms with E-state index in [1.165, 1.54) is 34.2 Å². The van der Waals surface area contributed by atoms with Gasteiger partial charge in [0.25, 0.3) is 0 Å². The van der Waals surface area contributed by atoms with Gasteiger partial charge in [-0.25, -0.2) is 0 Å². The number of fused-ring (bicyclic) bond motifs is 3. The second kappa shape index (κ2) is 13.5. The first-order valence-electron chi connectivity index (χ1n) is 14.5. The van der Waals surface area contributed by atoms with Gasteiger partial charge in [-0.05, 0) is 57.7 Å². The second-order valence-corrected chi connectivity index (χ2v) is 17.8. The Hall–Kier alpha value is -3.16. The van der Waals surface area contributed by atoms with E-state index in [1.807, 2.05) is 30.3 Å². The van der Waals surface area contributed by atoms with Crippen LogP contribution in [0.1, 0.15) is 37.8 Å². The van der Waals surface area contributed by atoms with Crippen molar-refractivity contribution in [3.8, 4) is 22.5 Å². The fraction of sp³-hybridized carbons (Fsp3) is 0.222. The summed E-state index contributed by atoms with van der Waals surface area (Å²) in [6, 6.07) is 27.7. The molecule has 3 heterocycles. The van der Waals surface area contributed by atoms with E-state index in [0.717, 1.165) is 43.9 Å². The summed E-state index contributed by atoms with van der Waals surface area (Å²) in [6.07, 6.45) is -0.657. The molecule has 8 heteroatoms. The summed E-state index contributed by atoms with van der Waals surface area (Å²) in [5.74, 6) is -0.770. The van der Waals surface area contributed by atoms with Gasteiger partial charge in [0.15, 0.2) is 0 Å². The summed E-state index contributed by atoms with van der Waals surface area (Å²) >= 11 is 1.31. The Balaban J connectivity index is 0.000000222. The van der Waals surface area contributed by atoms with Crippen molar-refractivity contribution in [2.24, 2.45) is 0 Å². The van der Waals surface area contributed by atoms with Crippen molar-refractivity contribution >= 4 is 44.8 Å². The van der Waals surface area contributed by atoms with Gasteiger partial charge in [0.1, 0.15) is 0 Å². The molecule has 0 aliphatic carbocycles. The third-order valence-electron chi connectivity index (χ3n) is 7.26. The predicted octanol–water partition coefficient (Wildman–Crippen LogP) is 10.5. The van der Waals surface area contributed by atoms with Crippen LogP contribution in [0.3, 0.4) is 0 Å². The third-order valence-corrected chi connectivity index (χ3v) is 10.6. The number of aryl methyl sites for hydroxylation is 1. The van der Waals surface area contributed by atoms with Crippen molar-refractivity contribution in [3.05, 3.63) is 114 Å². The second-order valence-electron chi connectivity index (χ2n) is 11.7. The Labute approximate surface area is 277 Å². The number of alkyl halides is 3. The first-order chi connectivity index (χ1) is 20.6. The molecule has 0 saturated carbocycles. The quantitative estimate of drug-likeness (QED) is 0.131. The Morgan fingerprint density at radius 1 is 0.886 bits per heavy atom. The standard InChI is InChI=1S/C21H15F3NS.C15H18NSi.Ir/c1-12(2)13-8-9-25-18(10-13)17-5-3-4-16-15-7-6-14(21(22,23)24)11-19(15)26-20(16)17;1-12-10-14(13-8-6-5-7-9-13)16-11-15(12)17(2,3)4;/h3-4,6-12H,1-2H3;5-8,10-11H,1-4H3;/q2*-1;/i12D;;. The van der Waals surface area contributed by atoms with Crippen LogP contribution in [0.2, 0.25) is 19.6 Å². The van der Waals surface area contributed by atoms with Gasteiger partial charge in [0, 0.05) is 38.6 Å². The number of rotatable bonds is 4. The maximum atomic E-state index is 13.0. The molecule has 0 saturated heterocycles. The van der Waals surface area contributed by atoms with Crippen molar-refractivity contribution in [1.82, 2.24) is 9.97 Å². The minimum Gasteiger partial charge on any atom is -0.305 e. The van der Waals surface area contributed by atoms with Crippen LogP contribution >= 0.6 is 11.3 Å². The molecule has 3 aromatic heterocycles. The molecule has 0 atom stereocenters. The van der Waals surface area contributed by atoms with Crippen LogP contribution < -0.4 is 5.19 Å². The van der Waals surface area contributed by atoms with Gasteiger partial charge in [-0.15, -0.1) is 59.7 Å². The molecule has 6 aromatic rings. The number of pyridine rings is 2. The van der Waals surface area contributed by atoms with E-state index < -0.39 is 25.7 Å². The summed E-state index contributed by atoms with van der Waals surface area (Å²) in [7, 11) is -1.27. The molecule has 1 radical (unpaired) electrons. The van der Waals surface area contributed by atoms with Crippen LogP contribution in [0, 0.1) is 19.1 Å². The molecule has 0 unspecified atom stereocenters. The van der Waals surface area contributed by atoms with Crippen LogP contribution in [0.4, 0.5) is 13.2 Å². The molecule has 0 aliphatic heterocycles. The van der Waals surface area contributed by atoms with Crippen molar-refractivity contribution in [2.45, 2.75) is 52.5 Å². The average Bonchev–Trinajstić information content (AvgIpc) is 3.35. The van der Waals surface area contributed by atoms with E-state index in [1.54, 1.807) is 32.2 Å². The molecular formula is C36H33F3IrN2SSi-2. The molecule has 0 amide bonds. The Morgan fingerprint density at radius 3 is 2.30 bits per heavy atom. The largest absolute Gasteiger partial charge is 0.416 e. The van der Waals surface area contributed by atoms with Gasteiger partial charge >= 0.3 is 6.18 Å². The summed E-state index contributed by atoms with van der Waals surface area (Å²) < 4.78 is 48.8. The molecule has 0 N–H and O–H groups in total. The number of thiophene rings is 1. The maximum absolute atomic E-state index is 13.0. The van der Waals surface area contributed by atoms with E-state index in [4.69, 9.17) is 1.37 Å².